The maximum atomic E-state index is 11.6. The van der Waals surface area contributed by atoms with Crippen LogP contribution < -0.4 is 4.90 Å². The van der Waals surface area contributed by atoms with Gasteiger partial charge < -0.3 is 5.11 Å². The minimum Gasteiger partial charge on any atom is -0.369 e. The molecule has 1 amide bonds. The number of aliphatic hydroxyl groups is 1. The van der Waals surface area contributed by atoms with Crippen molar-refractivity contribution in [3.05, 3.63) is 17.5 Å². The van der Waals surface area contributed by atoms with E-state index in [1.807, 2.05) is 0 Å². The highest BCUT2D eigenvalue weighted by molar-refractivity contribution is 7.10. The second-order valence-electron chi connectivity index (χ2n) is 3.06. The van der Waals surface area contributed by atoms with Crippen molar-refractivity contribution < 1.29 is 9.90 Å². The molecule has 1 atom stereocenters. The third kappa shape index (κ3) is 1.32. The number of hydrogen-bond donors (Lipinski definition) is 1. The van der Waals surface area contributed by atoms with Crippen molar-refractivity contribution in [2.24, 2.45) is 0 Å². The van der Waals surface area contributed by atoms with Crippen molar-refractivity contribution in [2.75, 3.05) is 4.90 Å². The fourth-order valence-corrected chi connectivity index (χ4v) is 1.97. The van der Waals surface area contributed by atoms with Crippen molar-refractivity contribution in [1.82, 2.24) is 9.36 Å². The smallest absolute Gasteiger partial charge is 0.257 e. The average Bonchev–Trinajstić information content (AvgIpc) is 2.60. The molecule has 1 unspecified atom stereocenters. The van der Waals surface area contributed by atoms with Gasteiger partial charge in [0.25, 0.3) is 5.91 Å². The Morgan fingerprint density at radius 3 is 2.71 bits per heavy atom. The number of carbonyl (C=O) groups is 1. The molecule has 14 heavy (non-hydrogen) atoms. The molecule has 0 saturated heterocycles. The van der Waals surface area contributed by atoms with Gasteiger partial charge in [-0.1, -0.05) is 0 Å². The van der Waals surface area contributed by atoms with Crippen molar-refractivity contribution in [3.63, 3.8) is 0 Å². The van der Waals surface area contributed by atoms with Crippen LogP contribution in [0.15, 0.2) is 11.6 Å². The predicted molar refractivity (Wildman–Crippen MR) is 51.9 cm³/mol. The van der Waals surface area contributed by atoms with Gasteiger partial charge in [0, 0.05) is 17.1 Å². The van der Waals surface area contributed by atoms with E-state index < -0.39 is 6.23 Å². The second-order valence-corrected chi connectivity index (χ2v) is 3.79. The van der Waals surface area contributed by atoms with Crippen molar-refractivity contribution in [2.45, 2.75) is 20.1 Å². The molecule has 6 heteroatoms. The van der Waals surface area contributed by atoms with Crippen LogP contribution in [0, 0.1) is 6.92 Å². The van der Waals surface area contributed by atoms with Gasteiger partial charge >= 0.3 is 0 Å². The monoisotopic (exact) mass is 211 g/mol. The molecular formula is C8H9N3O2S. The molecule has 1 aromatic rings. The van der Waals surface area contributed by atoms with Crippen LogP contribution in [0.1, 0.15) is 12.7 Å². The summed E-state index contributed by atoms with van der Waals surface area (Å²) in [5.74, 6) is 0.392. The first-order chi connectivity index (χ1) is 6.59. The van der Waals surface area contributed by atoms with E-state index in [9.17, 15) is 9.90 Å². The molecule has 0 saturated carbocycles. The van der Waals surface area contributed by atoms with Crippen LogP contribution in [-0.4, -0.2) is 26.6 Å². The van der Waals surface area contributed by atoms with Crippen molar-refractivity contribution >= 4 is 22.6 Å². The van der Waals surface area contributed by atoms with E-state index in [0.29, 0.717) is 16.5 Å². The third-order valence-corrected chi connectivity index (χ3v) is 2.75. The summed E-state index contributed by atoms with van der Waals surface area (Å²) in [5, 5.41) is 10.00. The number of aromatic nitrogens is 2. The molecule has 0 radical (unpaired) electrons. The maximum Gasteiger partial charge on any atom is 0.257 e. The standard InChI is InChI=1S/C8H9N3O2S/c1-4-3-6(12)11(7(4)13)8-9-5(2)10-14-8/h3,6,12H,1-2H3. The summed E-state index contributed by atoms with van der Waals surface area (Å²) in [6.45, 7) is 3.41. The zero-order valence-electron chi connectivity index (χ0n) is 7.76. The molecule has 0 bridgehead atoms. The molecule has 0 aliphatic carbocycles. The van der Waals surface area contributed by atoms with Crippen LogP contribution in [0.4, 0.5) is 5.13 Å². The molecule has 0 aromatic carbocycles. The summed E-state index contributed by atoms with van der Waals surface area (Å²) < 4.78 is 3.96. The lowest BCUT2D eigenvalue weighted by Gasteiger charge is -2.16. The lowest BCUT2D eigenvalue weighted by atomic mass is 10.3. The van der Waals surface area contributed by atoms with Gasteiger partial charge in [0.2, 0.25) is 5.13 Å². The number of carbonyl (C=O) groups excluding carboxylic acids is 1. The second kappa shape index (κ2) is 3.14. The maximum absolute atomic E-state index is 11.6. The van der Waals surface area contributed by atoms with E-state index in [1.54, 1.807) is 13.8 Å². The predicted octanol–water partition coefficient (Wildman–Crippen LogP) is 0.458. The molecule has 2 heterocycles. The van der Waals surface area contributed by atoms with Crippen molar-refractivity contribution in [1.29, 1.82) is 0 Å². The van der Waals surface area contributed by atoms with Gasteiger partial charge in [-0.15, -0.1) is 0 Å². The van der Waals surface area contributed by atoms with E-state index in [4.69, 9.17) is 0 Å². The van der Waals surface area contributed by atoms with Crippen LogP contribution in [0.25, 0.3) is 0 Å². The van der Waals surface area contributed by atoms with Gasteiger partial charge in [0.15, 0.2) is 6.23 Å². The zero-order chi connectivity index (χ0) is 10.3. The van der Waals surface area contributed by atoms with Crippen LogP contribution in [0.2, 0.25) is 0 Å². The Morgan fingerprint density at radius 2 is 2.29 bits per heavy atom. The van der Waals surface area contributed by atoms with E-state index in [-0.39, 0.29) is 5.91 Å². The fourth-order valence-electron chi connectivity index (χ4n) is 1.26. The lowest BCUT2D eigenvalue weighted by molar-refractivity contribution is -0.115. The number of rotatable bonds is 1. The summed E-state index contributed by atoms with van der Waals surface area (Å²) in [7, 11) is 0. The number of hydrogen-bond acceptors (Lipinski definition) is 5. The van der Waals surface area contributed by atoms with E-state index in [0.717, 1.165) is 11.5 Å². The Hall–Kier alpha value is -1.27. The Balaban J connectivity index is 2.33. The molecule has 2 rings (SSSR count). The molecule has 1 aromatic heterocycles. The lowest BCUT2D eigenvalue weighted by Crippen LogP contribution is -2.34. The first-order valence-corrected chi connectivity index (χ1v) is 4.87. The number of nitrogens with zero attached hydrogens (tertiary/aromatic N) is 3. The van der Waals surface area contributed by atoms with Crippen LogP contribution >= 0.6 is 11.5 Å². The number of aryl methyl sites for hydroxylation is 1. The van der Waals surface area contributed by atoms with Crippen LogP contribution in [0.5, 0.6) is 0 Å². The first kappa shape index (κ1) is 9.29. The van der Waals surface area contributed by atoms with Crippen LogP contribution in [-0.2, 0) is 4.79 Å². The third-order valence-electron chi connectivity index (χ3n) is 1.94. The zero-order valence-corrected chi connectivity index (χ0v) is 8.58. The molecule has 0 spiro atoms. The molecule has 0 fully saturated rings. The largest absolute Gasteiger partial charge is 0.369 e. The van der Waals surface area contributed by atoms with Crippen molar-refractivity contribution in [3.8, 4) is 0 Å². The summed E-state index contributed by atoms with van der Waals surface area (Å²) in [6, 6.07) is 0. The molecule has 1 aliphatic heterocycles. The van der Waals surface area contributed by atoms with E-state index in [1.165, 1.54) is 11.0 Å². The van der Waals surface area contributed by atoms with Crippen LogP contribution in [0.3, 0.4) is 0 Å². The van der Waals surface area contributed by atoms with E-state index in [2.05, 4.69) is 9.36 Å². The topological polar surface area (TPSA) is 66.3 Å². The summed E-state index contributed by atoms with van der Waals surface area (Å²) in [6.07, 6.45) is 0.592. The number of amides is 1. The highest BCUT2D eigenvalue weighted by Gasteiger charge is 2.31. The summed E-state index contributed by atoms with van der Waals surface area (Å²) >= 11 is 1.11. The summed E-state index contributed by atoms with van der Waals surface area (Å²) in [4.78, 5) is 16.8. The Morgan fingerprint density at radius 1 is 1.57 bits per heavy atom. The minimum atomic E-state index is -0.908. The quantitative estimate of drug-likeness (QED) is 0.732. The van der Waals surface area contributed by atoms with E-state index >= 15 is 0 Å². The highest BCUT2D eigenvalue weighted by Crippen LogP contribution is 2.25. The first-order valence-electron chi connectivity index (χ1n) is 4.10. The van der Waals surface area contributed by atoms with Gasteiger partial charge in [-0.25, -0.2) is 4.98 Å². The normalized spacial score (nSPS) is 21.6. The molecule has 5 nitrogen and oxygen atoms in total. The van der Waals surface area contributed by atoms with Gasteiger partial charge in [0.1, 0.15) is 5.82 Å². The summed E-state index contributed by atoms with van der Waals surface area (Å²) in [5.41, 5.74) is 0.533. The Bertz CT molecular complexity index is 412. The molecule has 1 aliphatic rings. The Labute approximate surface area is 84.9 Å². The van der Waals surface area contributed by atoms with Gasteiger partial charge in [-0.3, -0.25) is 9.69 Å². The van der Waals surface area contributed by atoms with Gasteiger partial charge in [-0.05, 0) is 19.9 Å². The average molecular weight is 211 g/mol. The SMILES string of the molecule is CC1=CC(O)N(c2nc(C)ns2)C1=O. The fraction of sp³-hybridized carbons (Fsp3) is 0.375. The van der Waals surface area contributed by atoms with Gasteiger partial charge in [0.05, 0.1) is 0 Å². The Kier molecular flexibility index (Phi) is 2.09. The molecule has 1 N–H and O–H groups in total. The molecular weight excluding hydrogens is 202 g/mol. The number of aliphatic hydroxyl groups excluding tert-OH is 1. The molecule has 74 valence electrons. The highest BCUT2D eigenvalue weighted by atomic mass is 32.1. The number of anilines is 1. The minimum absolute atomic E-state index is 0.214. The van der Waals surface area contributed by atoms with Gasteiger partial charge in [-0.2, -0.15) is 4.37 Å².